The van der Waals surface area contributed by atoms with Gasteiger partial charge in [-0.2, -0.15) is 0 Å². The maximum atomic E-state index is 10.8. The maximum absolute atomic E-state index is 10.8. The van der Waals surface area contributed by atoms with Gasteiger partial charge in [-0.1, -0.05) is 0 Å². The lowest BCUT2D eigenvalue weighted by atomic mass is 10.5. The standard InChI is InChI=1S/C8H18N2O3S/c1-14(11,12)8-2-3-9-10-4-6-13-7-5-10/h9H,2-8H2,1H3. The molecule has 5 nitrogen and oxygen atoms in total. The number of nitrogens with zero attached hydrogens (tertiary/aromatic N) is 1. The first-order chi connectivity index (χ1) is 6.58. The first-order valence-corrected chi connectivity index (χ1v) is 6.88. The molecule has 0 saturated carbocycles. The molecular weight excluding hydrogens is 204 g/mol. The summed E-state index contributed by atoms with van der Waals surface area (Å²) >= 11 is 0. The number of hydrazine groups is 1. The molecule has 1 heterocycles. The Kier molecular flexibility index (Phi) is 4.80. The Hall–Kier alpha value is -0.170. The van der Waals surface area contributed by atoms with E-state index < -0.39 is 9.84 Å². The summed E-state index contributed by atoms with van der Waals surface area (Å²) in [6, 6.07) is 0. The highest BCUT2D eigenvalue weighted by atomic mass is 32.2. The number of hydrogen-bond acceptors (Lipinski definition) is 5. The van der Waals surface area contributed by atoms with E-state index in [1.165, 1.54) is 6.26 Å². The summed E-state index contributed by atoms with van der Waals surface area (Å²) in [5, 5.41) is 2.08. The van der Waals surface area contributed by atoms with E-state index in [9.17, 15) is 8.42 Å². The number of rotatable bonds is 5. The van der Waals surface area contributed by atoms with Crippen LogP contribution in [0.3, 0.4) is 0 Å². The van der Waals surface area contributed by atoms with Crippen molar-refractivity contribution in [1.29, 1.82) is 0 Å². The van der Waals surface area contributed by atoms with Gasteiger partial charge in [-0.05, 0) is 6.42 Å². The van der Waals surface area contributed by atoms with Gasteiger partial charge in [0.15, 0.2) is 0 Å². The monoisotopic (exact) mass is 222 g/mol. The van der Waals surface area contributed by atoms with E-state index in [-0.39, 0.29) is 5.75 Å². The molecule has 0 aliphatic carbocycles. The fourth-order valence-corrected chi connectivity index (χ4v) is 1.96. The number of sulfone groups is 1. The Labute approximate surface area is 85.3 Å². The second-order valence-electron chi connectivity index (χ2n) is 3.49. The Morgan fingerprint density at radius 1 is 1.36 bits per heavy atom. The third-order valence-corrected chi connectivity index (χ3v) is 3.07. The van der Waals surface area contributed by atoms with Crippen LogP contribution in [0.2, 0.25) is 0 Å². The van der Waals surface area contributed by atoms with Gasteiger partial charge >= 0.3 is 0 Å². The molecule has 1 N–H and O–H groups in total. The Bertz CT molecular complexity index is 247. The Balaban J connectivity index is 2.03. The first-order valence-electron chi connectivity index (χ1n) is 4.82. The average molecular weight is 222 g/mol. The molecule has 1 rings (SSSR count). The lowest BCUT2D eigenvalue weighted by Gasteiger charge is -2.27. The first kappa shape index (κ1) is 11.9. The zero-order chi connectivity index (χ0) is 10.4. The summed E-state index contributed by atoms with van der Waals surface area (Å²) in [6.07, 6.45) is 1.93. The van der Waals surface area contributed by atoms with Crippen LogP contribution in [0.15, 0.2) is 0 Å². The molecule has 0 bridgehead atoms. The van der Waals surface area contributed by atoms with Crippen LogP contribution in [-0.2, 0) is 14.6 Å². The molecule has 0 unspecified atom stereocenters. The number of morpholine rings is 1. The molecule has 0 spiro atoms. The minimum atomic E-state index is -2.81. The summed E-state index contributed by atoms with van der Waals surface area (Å²) in [5.74, 6) is 0.254. The molecule has 0 atom stereocenters. The molecule has 1 saturated heterocycles. The van der Waals surface area contributed by atoms with Gasteiger partial charge in [0.2, 0.25) is 0 Å². The highest BCUT2D eigenvalue weighted by Gasteiger charge is 2.09. The molecule has 0 aromatic rings. The largest absolute Gasteiger partial charge is 0.379 e. The topological polar surface area (TPSA) is 58.6 Å². The van der Waals surface area contributed by atoms with Crippen LogP contribution < -0.4 is 5.43 Å². The number of hydrogen-bond donors (Lipinski definition) is 1. The summed E-state index contributed by atoms with van der Waals surface area (Å²) in [5.41, 5.74) is 3.18. The molecule has 0 radical (unpaired) electrons. The molecule has 0 amide bonds. The van der Waals surface area contributed by atoms with Gasteiger partial charge in [-0.15, -0.1) is 0 Å². The van der Waals surface area contributed by atoms with Crippen LogP contribution in [-0.4, -0.2) is 58.3 Å². The second-order valence-corrected chi connectivity index (χ2v) is 5.75. The molecule has 1 aliphatic rings. The van der Waals surface area contributed by atoms with Gasteiger partial charge in [0.05, 0.1) is 19.0 Å². The van der Waals surface area contributed by atoms with Crippen molar-refractivity contribution in [3.8, 4) is 0 Å². The van der Waals surface area contributed by atoms with Crippen LogP contribution in [0, 0.1) is 0 Å². The van der Waals surface area contributed by atoms with Crippen molar-refractivity contribution in [2.75, 3.05) is 44.9 Å². The highest BCUT2D eigenvalue weighted by Crippen LogP contribution is 1.93. The molecular formula is C8H18N2O3S. The van der Waals surface area contributed by atoms with Crippen molar-refractivity contribution in [3.05, 3.63) is 0 Å². The van der Waals surface area contributed by atoms with Crippen molar-refractivity contribution in [1.82, 2.24) is 10.4 Å². The van der Waals surface area contributed by atoms with E-state index in [0.717, 1.165) is 26.3 Å². The fourth-order valence-electron chi connectivity index (χ4n) is 1.29. The predicted molar refractivity (Wildman–Crippen MR) is 54.7 cm³/mol. The van der Waals surface area contributed by atoms with E-state index in [1.54, 1.807) is 0 Å². The number of nitrogens with one attached hydrogen (secondary N) is 1. The van der Waals surface area contributed by atoms with Crippen molar-refractivity contribution in [2.45, 2.75) is 6.42 Å². The molecule has 14 heavy (non-hydrogen) atoms. The van der Waals surface area contributed by atoms with E-state index >= 15 is 0 Å². The van der Waals surface area contributed by atoms with E-state index in [0.29, 0.717) is 13.0 Å². The average Bonchev–Trinajstić information content (AvgIpc) is 2.13. The lowest BCUT2D eigenvalue weighted by molar-refractivity contribution is 0.0122. The third-order valence-electron chi connectivity index (χ3n) is 2.04. The zero-order valence-electron chi connectivity index (χ0n) is 8.53. The van der Waals surface area contributed by atoms with Crippen LogP contribution in [0.4, 0.5) is 0 Å². The normalized spacial score (nSPS) is 19.8. The minimum absolute atomic E-state index is 0.254. The molecule has 84 valence electrons. The smallest absolute Gasteiger partial charge is 0.147 e. The van der Waals surface area contributed by atoms with Gasteiger partial charge < -0.3 is 4.74 Å². The van der Waals surface area contributed by atoms with Gasteiger partial charge in [-0.3, -0.25) is 5.43 Å². The van der Waals surface area contributed by atoms with Crippen molar-refractivity contribution in [2.24, 2.45) is 0 Å². The van der Waals surface area contributed by atoms with Crippen LogP contribution in [0.5, 0.6) is 0 Å². The number of ether oxygens (including phenoxy) is 1. The fraction of sp³-hybridized carbons (Fsp3) is 1.00. The molecule has 1 aliphatic heterocycles. The minimum Gasteiger partial charge on any atom is -0.379 e. The second kappa shape index (κ2) is 5.65. The van der Waals surface area contributed by atoms with E-state index in [1.807, 2.05) is 0 Å². The van der Waals surface area contributed by atoms with Crippen molar-refractivity contribution in [3.63, 3.8) is 0 Å². The predicted octanol–water partition coefficient (Wildman–Crippen LogP) is -0.742. The Morgan fingerprint density at radius 2 is 2.00 bits per heavy atom. The van der Waals surface area contributed by atoms with E-state index in [4.69, 9.17) is 4.74 Å². The van der Waals surface area contributed by atoms with Crippen LogP contribution >= 0.6 is 0 Å². The Morgan fingerprint density at radius 3 is 2.57 bits per heavy atom. The van der Waals surface area contributed by atoms with Crippen LogP contribution in [0.1, 0.15) is 6.42 Å². The van der Waals surface area contributed by atoms with E-state index in [2.05, 4.69) is 10.4 Å². The summed E-state index contributed by atoms with van der Waals surface area (Å²) in [6.45, 7) is 3.96. The van der Waals surface area contributed by atoms with Gasteiger partial charge in [0, 0.05) is 25.9 Å². The van der Waals surface area contributed by atoms with Crippen LogP contribution in [0.25, 0.3) is 0 Å². The quantitative estimate of drug-likeness (QED) is 0.621. The summed E-state index contributed by atoms with van der Waals surface area (Å²) < 4.78 is 26.8. The summed E-state index contributed by atoms with van der Waals surface area (Å²) in [4.78, 5) is 0. The lowest BCUT2D eigenvalue weighted by Crippen LogP contribution is -2.46. The molecule has 1 fully saturated rings. The van der Waals surface area contributed by atoms with Gasteiger partial charge in [0.25, 0.3) is 0 Å². The SMILES string of the molecule is CS(=O)(=O)CCCNN1CCOCC1. The van der Waals surface area contributed by atoms with Crippen molar-refractivity contribution < 1.29 is 13.2 Å². The van der Waals surface area contributed by atoms with Gasteiger partial charge in [0.1, 0.15) is 9.84 Å². The van der Waals surface area contributed by atoms with Crippen molar-refractivity contribution >= 4 is 9.84 Å². The molecule has 0 aromatic heterocycles. The molecule has 6 heteroatoms. The third kappa shape index (κ3) is 5.54. The summed E-state index contributed by atoms with van der Waals surface area (Å²) in [7, 11) is -2.81. The maximum Gasteiger partial charge on any atom is 0.147 e. The molecule has 0 aromatic carbocycles. The zero-order valence-corrected chi connectivity index (χ0v) is 9.35. The van der Waals surface area contributed by atoms with Gasteiger partial charge in [-0.25, -0.2) is 13.4 Å². The highest BCUT2D eigenvalue weighted by molar-refractivity contribution is 7.90.